The van der Waals surface area contributed by atoms with E-state index in [-0.39, 0.29) is 11.8 Å². The number of hydrazone groups is 1. The van der Waals surface area contributed by atoms with Crippen LogP contribution in [-0.4, -0.2) is 17.5 Å². The highest BCUT2D eigenvalue weighted by Gasteiger charge is 2.05. The fourth-order valence-electron chi connectivity index (χ4n) is 1.98. The Kier molecular flexibility index (Phi) is 6.65. The van der Waals surface area contributed by atoms with Crippen LogP contribution in [-0.2, 0) is 4.79 Å². The molecule has 25 heavy (non-hydrogen) atoms. The van der Waals surface area contributed by atoms with Crippen LogP contribution >= 0.6 is 0 Å². The molecule has 0 aliphatic carbocycles. The second-order valence-corrected chi connectivity index (χ2v) is 5.42. The van der Waals surface area contributed by atoms with E-state index in [1.54, 1.807) is 31.2 Å². The number of hydrogen-bond acceptors (Lipinski definition) is 3. The lowest BCUT2D eigenvalue weighted by molar-refractivity contribution is -0.115. The van der Waals surface area contributed by atoms with Crippen molar-refractivity contribution in [3.8, 4) is 0 Å². The van der Waals surface area contributed by atoms with Gasteiger partial charge >= 0.3 is 0 Å². The summed E-state index contributed by atoms with van der Waals surface area (Å²) in [5, 5.41) is 6.79. The Morgan fingerprint density at radius 2 is 1.72 bits per heavy atom. The normalized spacial score (nSPS) is 11.4. The highest BCUT2D eigenvalue weighted by molar-refractivity contribution is 5.99. The van der Waals surface area contributed by atoms with Crippen LogP contribution in [0.5, 0.6) is 0 Å². The van der Waals surface area contributed by atoms with Gasteiger partial charge in [-0.1, -0.05) is 43.3 Å². The molecule has 128 valence electrons. The topological polar surface area (TPSA) is 70.6 Å². The van der Waals surface area contributed by atoms with Gasteiger partial charge in [0.1, 0.15) is 0 Å². The zero-order valence-electron chi connectivity index (χ0n) is 14.3. The van der Waals surface area contributed by atoms with E-state index in [1.807, 2.05) is 49.4 Å². The van der Waals surface area contributed by atoms with Gasteiger partial charge in [-0.25, -0.2) is 5.43 Å². The van der Waals surface area contributed by atoms with E-state index >= 15 is 0 Å². The van der Waals surface area contributed by atoms with Gasteiger partial charge in [0.05, 0.1) is 5.71 Å². The Labute approximate surface area is 147 Å². The Morgan fingerprint density at radius 1 is 1.04 bits per heavy atom. The first-order valence-electron chi connectivity index (χ1n) is 8.06. The van der Waals surface area contributed by atoms with E-state index in [2.05, 4.69) is 15.8 Å². The predicted molar refractivity (Wildman–Crippen MR) is 101 cm³/mol. The van der Waals surface area contributed by atoms with Gasteiger partial charge in [-0.05, 0) is 42.8 Å². The molecular weight excluding hydrogens is 314 g/mol. The van der Waals surface area contributed by atoms with E-state index < -0.39 is 0 Å². The molecule has 2 N–H and O–H groups in total. The molecule has 5 heteroatoms. The van der Waals surface area contributed by atoms with Crippen LogP contribution in [0.4, 0.5) is 5.69 Å². The molecule has 2 amide bonds. The highest BCUT2D eigenvalue weighted by atomic mass is 16.2. The first-order valence-corrected chi connectivity index (χ1v) is 8.06. The van der Waals surface area contributed by atoms with E-state index in [0.29, 0.717) is 23.4 Å². The summed E-state index contributed by atoms with van der Waals surface area (Å²) in [5.41, 5.74) is 5.40. The third-order valence-electron chi connectivity index (χ3n) is 3.40. The van der Waals surface area contributed by atoms with Crippen LogP contribution in [0.3, 0.4) is 0 Å². The molecule has 2 rings (SSSR count). The number of nitrogens with one attached hydrogen (secondary N) is 2. The lowest BCUT2D eigenvalue weighted by Gasteiger charge is -2.05. The van der Waals surface area contributed by atoms with Crippen molar-refractivity contribution >= 4 is 29.3 Å². The summed E-state index contributed by atoms with van der Waals surface area (Å²) in [6.45, 7) is 3.59. The number of nitrogens with zero attached hydrogens (tertiary/aromatic N) is 1. The maximum absolute atomic E-state index is 12.1. The molecule has 0 saturated carbocycles. The van der Waals surface area contributed by atoms with Gasteiger partial charge in [-0.15, -0.1) is 0 Å². The lowest BCUT2D eigenvalue weighted by Crippen LogP contribution is -2.18. The number of carbonyl (C=O) groups excluding carboxylic acids is 2. The molecule has 2 aromatic carbocycles. The molecule has 0 radical (unpaired) electrons. The van der Waals surface area contributed by atoms with Gasteiger partial charge in [0.15, 0.2) is 0 Å². The van der Waals surface area contributed by atoms with E-state index in [0.717, 1.165) is 5.56 Å². The lowest BCUT2D eigenvalue weighted by atomic mass is 10.2. The fraction of sp³-hybridized carbons (Fsp3) is 0.150. The molecule has 5 nitrogen and oxygen atoms in total. The molecule has 0 aliphatic rings. The summed E-state index contributed by atoms with van der Waals surface area (Å²) < 4.78 is 0. The third-order valence-corrected chi connectivity index (χ3v) is 3.40. The quantitative estimate of drug-likeness (QED) is 0.622. The third kappa shape index (κ3) is 6.06. The van der Waals surface area contributed by atoms with Crippen molar-refractivity contribution in [1.82, 2.24) is 5.43 Å². The van der Waals surface area contributed by atoms with Gasteiger partial charge in [-0.3, -0.25) is 9.59 Å². The molecular formula is C20H21N3O2. The van der Waals surface area contributed by atoms with E-state index in [4.69, 9.17) is 0 Å². The van der Waals surface area contributed by atoms with Crippen molar-refractivity contribution < 1.29 is 9.59 Å². The van der Waals surface area contributed by atoms with E-state index in [1.165, 1.54) is 0 Å². The Hall–Kier alpha value is -3.21. The number of benzene rings is 2. The molecule has 0 unspecified atom stereocenters. The van der Waals surface area contributed by atoms with Crippen molar-refractivity contribution in [2.24, 2.45) is 5.10 Å². The standard InChI is InChI=1S/C20H21N3O2/c1-3-19(24)21-18-13-11-17(12-14-18)20(25)23-22-15(2)9-10-16-7-5-4-6-8-16/h4-14H,3H2,1-2H3,(H,21,24)(H,23,25). The van der Waals surface area contributed by atoms with Gasteiger partial charge in [-0.2, -0.15) is 5.10 Å². The molecule has 0 fully saturated rings. The SMILES string of the molecule is CCC(=O)Nc1ccc(C(=O)NN=C(C)C=Cc2ccccc2)cc1. The second kappa shape index (κ2) is 9.17. The monoisotopic (exact) mass is 335 g/mol. The van der Waals surface area contributed by atoms with E-state index in [9.17, 15) is 9.59 Å². The molecule has 2 aromatic rings. The molecule has 0 spiro atoms. The van der Waals surface area contributed by atoms with Crippen LogP contribution in [0.1, 0.15) is 36.2 Å². The zero-order valence-corrected chi connectivity index (χ0v) is 14.3. The largest absolute Gasteiger partial charge is 0.326 e. The number of amides is 2. The second-order valence-electron chi connectivity index (χ2n) is 5.42. The van der Waals surface area contributed by atoms with Crippen molar-refractivity contribution in [3.05, 3.63) is 71.8 Å². The number of anilines is 1. The zero-order chi connectivity index (χ0) is 18.1. The fourth-order valence-corrected chi connectivity index (χ4v) is 1.98. The molecule has 0 bridgehead atoms. The van der Waals surface area contributed by atoms with Crippen molar-refractivity contribution in [1.29, 1.82) is 0 Å². The van der Waals surface area contributed by atoms with Crippen LogP contribution in [0.2, 0.25) is 0 Å². The minimum atomic E-state index is -0.305. The summed E-state index contributed by atoms with van der Waals surface area (Å²) in [6, 6.07) is 16.5. The molecule has 0 saturated heterocycles. The average Bonchev–Trinajstić information content (AvgIpc) is 2.65. The molecule has 0 aliphatic heterocycles. The van der Waals surface area contributed by atoms with Crippen molar-refractivity contribution in [2.45, 2.75) is 20.3 Å². The molecule has 0 heterocycles. The average molecular weight is 335 g/mol. The maximum Gasteiger partial charge on any atom is 0.271 e. The summed E-state index contributed by atoms with van der Waals surface area (Å²) in [5.74, 6) is -0.372. The summed E-state index contributed by atoms with van der Waals surface area (Å²) in [6.07, 6.45) is 4.17. The summed E-state index contributed by atoms with van der Waals surface area (Å²) >= 11 is 0. The maximum atomic E-state index is 12.1. The van der Waals surface area contributed by atoms with Crippen LogP contribution in [0, 0.1) is 0 Å². The Bertz CT molecular complexity index is 778. The summed E-state index contributed by atoms with van der Waals surface area (Å²) in [4.78, 5) is 23.4. The smallest absolute Gasteiger partial charge is 0.271 e. The highest BCUT2D eigenvalue weighted by Crippen LogP contribution is 2.10. The number of allylic oxidation sites excluding steroid dienone is 1. The minimum Gasteiger partial charge on any atom is -0.326 e. The number of hydrogen-bond donors (Lipinski definition) is 2. The first kappa shape index (κ1) is 18.1. The van der Waals surface area contributed by atoms with Crippen LogP contribution in [0.15, 0.2) is 65.8 Å². The van der Waals surface area contributed by atoms with Crippen LogP contribution in [0.25, 0.3) is 6.08 Å². The van der Waals surface area contributed by atoms with Gasteiger partial charge in [0.25, 0.3) is 5.91 Å². The predicted octanol–water partition coefficient (Wildman–Crippen LogP) is 3.85. The number of carbonyl (C=O) groups is 2. The van der Waals surface area contributed by atoms with Gasteiger partial charge in [0.2, 0.25) is 5.91 Å². The molecule has 0 aromatic heterocycles. The summed E-state index contributed by atoms with van der Waals surface area (Å²) in [7, 11) is 0. The van der Waals surface area contributed by atoms with Crippen LogP contribution < -0.4 is 10.7 Å². The Morgan fingerprint density at radius 3 is 2.36 bits per heavy atom. The van der Waals surface area contributed by atoms with Crippen molar-refractivity contribution in [2.75, 3.05) is 5.32 Å². The minimum absolute atomic E-state index is 0.0670. The molecule has 0 atom stereocenters. The number of rotatable bonds is 6. The van der Waals surface area contributed by atoms with Gasteiger partial charge < -0.3 is 5.32 Å². The van der Waals surface area contributed by atoms with Gasteiger partial charge in [0, 0.05) is 17.7 Å². The van der Waals surface area contributed by atoms with Crippen molar-refractivity contribution in [3.63, 3.8) is 0 Å². The first-order chi connectivity index (χ1) is 12.1. The Balaban J connectivity index is 1.92.